The van der Waals surface area contributed by atoms with Crippen molar-refractivity contribution in [2.24, 2.45) is 0 Å². The lowest BCUT2D eigenvalue weighted by atomic mass is 10.1. The minimum absolute atomic E-state index is 0.0107. The molecule has 1 N–H and O–H groups in total. The zero-order chi connectivity index (χ0) is 22.2. The average Bonchev–Trinajstić information content (AvgIpc) is 2.72. The molecular weight excluding hydrogens is 390 g/mol. The van der Waals surface area contributed by atoms with Gasteiger partial charge in [0.05, 0.1) is 12.1 Å². The maximum atomic E-state index is 11.0. The number of carbonyl (C=O) groups is 1. The van der Waals surface area contributed by atoms with Crippen LogP contribution >= 0.6 is 0 Å². The molecule has 0 radical (unpaired) electrons. The zero-order valence-electron chi connectivity index (χ0n) is 18.8. The van der Waals surface area contributed by atoms with Gasteiger partial charge in [0.1, 0.15) is 11.5 Å². The van der Waals surface area contributed by atoms with Crippen molar-refractivity contribution in [3.8, 4) is 17.4 Å². The van der Waals surface area contributed by atoms with Crippen LogP contribution in [0, 0.1) is 6.92 Å². The van der Waals surface area contributed by atoms with Crippen LogP contribution in [0.15, 0.2) is 48.5 Å². The SMILES string of the molecule is CC(=O)NCCc1ccc2nc(Oc3ccc(OCCCN(C)C)cc3C)ccc2c1. The van der Waals surface area contributed by atoms with Crippen molar-refractivity contribution < 1.29 is 14.3 Å². The Labute approximate surface area is 184 Å². The van der Waals surface area contributed by atoms with E-state index >= 15 is 0 Å². The highest BCUT2D eigenvalue weighted by Gasteiger charge is 2.07. The van der Waals surface area contributed by atoms with E-state index in [2.05, 4.69) is 35.4 Å². The number of aromatic nitrogens is 1. The number of pyridine rings is 1. The third-order valence-electron chi connectivity index (χ3n) is 4.89. The van der Waals surface area contributed by atoms with E-state index in [9.17, 15) is 4.79 Å². The number of aryl methyl sites for hydroxylation is 1. The van der Waals surface area contributed by atoms with Crippen molar-refractivity contribution in [3.63, 3.8) is 0 Å². The fourth-order valence-corrected chi connectivity index (χ4v) is 3.26. The van der Waals surface area contributed by atoms with Crippen LogP contribution in [-0.4, -0.2) is 49.6 Å². The molecule has 3 rings (SSSR count). The summed E-state index contributed by atoms with van der Waals surface area (Å²) < 4.78 is 11.9. The van der Waals surface area contributed by atoms with Crippen LogP contribution < -0.4 is 14.8 Å². The van der Waals surface area contributed by atoms with E-state index in [-0.39, 0.29) is 5.91 Å². The van der Waals surface area contributed by atoms with Crippen LogP contribution in [0.2, 0.25) is 0 Å². The van der Waals surface area contributed by atoms with Crippen LogP contribution in [-0.2, 0) is 11.2 Å². The molecule has 164 valence electrons. The third kappa shape index (κ3) is 6.96. The molecule has 0 spiro atoms. The lowest BCUT2D eigenvalue weighted by Gasteiger charge is -2.13. The molecule has 1 aromatic heterocycles. The number of nitrogens with zero attached hydrogens (tertiary/aromatic N) is 2. The molecular formula is C25H31N3O3. The Hall–Kier alpha value is -3.12. The second-order valence-corrected chi connectivity index (χ2v) is 7.94. The number of carbonyl (C=O) groups excluding carboxylic acids is 1. The molecule has 31 heavy (non-hydrogen) atoms. The Bertz CT molecular complexity index is 1030. The van der Waals surface area contributed by atoms with Crippen LogP contribution in [0.25, 0.3) is 10.9 Å². The predicted molar refractivity (Wildman–Crippen MR) is 124 cm³/mol. The Morgan fingerprint density at radius 3 is 2.68 bits per heavy atom. The van der Waals surface area contributed by atoms with Gasteiger partial charge >= 0.3 is 0 Å². The molecule has 0 aliphatic carbocycles. The standard InChI is InChI=1S/C25H31N3O3/c1-18-16-22(30-15-5-14-28(3)4)8-10-24(18)31-25-11-7-21-17-20(6-9-23(21)27-25)12-13-26-19(2)29/h6-11,16-17H,5,12-15H2,1-4H3,(H,26,29). The monoisotopic (exact) mass is 421 g/mol. The quantitative estimate of drug-likeness (QED) is 0.493. The van der Waals surface area contributed by atoms with E-state index in [4.69, 9.17) is 9.47 Å². The highest BCUT2D eigenvalue weighted by atomic mass is 16.5. The Morgan fingerprint density at radius 2 is 1.94 bits per heavy atom. The highest BCUT2D eigenvalue weighted by molar-refractivity contribution is 5.80. The first-order valence-corrected chi connectivity index (χ1v) is 10.6. The summed E-state index contributed by atoms with van der Waals surface area (Å²) in [7, 11) is 4.12. The molecule has 3 aromatic rings. The molecule has 0 saturated heterocycles. The fraction of sp³-hybridized carbons (Fsp3) is 0.360. The fourth-order valence-electron chi connectivity index (χ4n) is 3.26. The normalized spacial score (nSPS) is 11.0. The number of rotatable bonds is 10. The van der Waals surface area contributed by atoms with Gasteiger partial charge in [0.15, 0.2) is 0 Å². The first-order chi connectivity index (χ1) is 14.9. The number of ether oxygens (including phenoxy) is 2. The first-order valence-electron chi connectivity index (χ1n) is 10.6. The minimum atomic E-state index is -0.0107. The molecule has 6 nitrogen and oxygen atoms in total. The molecule has 1 heterocycles. The molecule has 6 heteroatoms. The van der Waals surface area contributed by atoms with Gasteiger partial charge in [-0.1, -0.05) is 6.07 Å². The maximum absolute atomic E-state index is 11.0. The van der Waals surface area contributed by atoms with Gasteiger partial charge in [-0.15, -0.1) is 0 Å². The van der Waals surface area contributed by atoms with Gasteiger partial charge in [-0.05, 0) is 81.4 Å². The summed E-state index contributed by atoms with van der Waals surface area (Å²) in [5.41, 5.74) is 3.04. The van der Waals surface area contributed by atoms with Gasteiger partial charge in [0.2, 0.25) is 11.8 Å². The lowest BCUT2D eigenvalue weighted by Crippen LogP contribution is -2.22. The van der Waals surface area contributed by atoms with Crippen molar-refractivity contribution >= 4 is 16.8 Å². The molecule has 2 aromatic carbocycles. The van der Waals surface area contributed by atoms with Crippen molar-refractivity contribution in [2.75, 3.05) is 33.8 Å². The number of amides is 1. The Balaban J connectivity index is 1.62. The molecule has 0 bridgehead atoms. The van der Waals surface area contributed by atoms with Crippen molar-refractivity contribution in [2.45, 2.75) is 26.7 Å². The van der Waals surface area contributed by atoms with Gasteiger partial charge in [-0.2, -0.15) is 0 Å². The topological polar surface area (TPSA) is 63.7 Å². The van der Waals surface area contributed by atoms with Gasteiger partial charge < -0.3 is 19.7 Å². The lowest BCUT2D eigenvalue weighted by molar-refractivity contribution is -0.118. The van der Waals surface area contributed by atoms with Crippen LogP contribution in [0.4, 0.5) is 0 Å². The largest absolute Gasteiger partial charge is 0.494 e. The number of hydrogen-bond donors (Lipinski definition) is 1. The van der Waals surface area contributed by atoms with Crippen LogP contribution in [0.3, 0.4) is 0 Å². The van der Waals surface area contributed by atoms with Gasteiger partial charge in [-0.3, -0.25) is 4.79 Å². The number of nitrogens with one attached hydrogen (secondary N) is 1. The zero-order valence-corrected chi connectivity index (χ0v) is 18.8. The molecule has 0 aliphatic heterocycles. The summed E-state index contributed by atoms with van der Waals surface area (Å²) in [6, 6.07) is 15.9. The molecule has 0 unspecified atom stereocenters. The van der Waals surface area contributed by atoms with E-state index in [1.165, 1.54) is 6.92 Å². The molecule has 0 saturated carbocycles. The van der Waals surface area contributed by atoms with Crippen molar-refractivity contribution in [1.82, 2.24) is 15.2 Å². The van der Waals surface area contributed by atoms with E-state index < -0.39 is 0 Å². The maximum Gasteiger partial charge on any atom is 0.219 e. The van der Waals surface area contributed by atoms with Crippen LogP contribution in [0.5, 0.6) is 17.4 Å². The van der Waals surface area contributed by atoms with Gasteiger partial charge in [0.25, 0.3) is 0 Å². The first kappa shape index (κ1) is 22.6. The van der Waals surface area contributed by atoms with Gasteiger partial charge in [-0.25, -0.2) is 4.98 Å². The van der Waals surface area contributed by atoms with Crippen molar-refractivity contribution in [1.29, 1.82) is 0 Å². The summed E-state index contributed by atoms with van der Waals surface area (Å²) in [6.45, 7) is 5.86. The molecule has 1 amide bonds. The van der Waals surface area contributed by atoms with E-state index in [1.54, 1.807) is 0 Å². The smallest absolute Gasteiger partial charge is 0.219 e. The van der Waals surface area contributed by atoms with E-state index in [1.807, 2.05) is 49.4 Å². The van der Waals surface area contributed by atoms with Gasteiger partial charge in [0, 0.05) is 31.5 Å². The summed E-state index contributed by atoms with van der Waals surface area (Å²) in [5.74, 6) is 2.16. The van der Waals surface area contributed by atoms with Crippen molar-refractivity contribution in [3.05, 3.63) is 59.7 Å². The second-order valence-electron chi connectivity index (χ2n) is 7.94. The summed E-state index contributed by atoms with van der Waals surface area (Å²) in [6.07, 6.45) is 1.77. The number of hydrogen-bond acceptors (Lipinski definition) is 5. The van der Waals surface area contributed by atoms with Crippen LogP contribution in [0.1, 0.15) is 24.5 Å². The highest BCUT2D eigenvalue weighted by Crippen LogP contribution is 2.28. The molecule has 0 fully saturated rings. The summed E-state index contributed by atoms with van der Waals surface area (Å²) >= 11 is 0. The Morgan fingerprint density at radius 1 is 1.10 bits per heavy atom. The van der Waals surface area contributed by atoms with E-state index in [0.29, 0.717) is 19.0 Å². The number of benzene rings is 2. The Kier molecular flexibility index (Phi) is 7.84. The minimum Gasteiger partial charge on any atom is -0.494 e. The molecule has 0 atom stereocenters. The number of fused-ring (bicyclic) bond motifs is 1. The summed E-state index contributed by atoms with van der Waals surface area (Å²) in [4.78, 5) is 17.8. The second kappa shape index (κ2) is 10.8. The summed E-state index contributed by atoms with van der Waals surface area (Å²) in [5, 5.41) is 3.87. The molecule has 0 aliphatic rings. The van der Waals surface area contributed by atoms with E-state index in [0.717, 1.165) is 52.9 Å². The average molecular weight is 422 g/mol. The third-order valence-corrected chi connectivity index (χ3v) is 4.89. The predicted octanol–water partition coefficient (Wildman–Crippen LogP) is 4.34.